The Morgan fingerprint density at radius 3 is 2.75 bits per heavy atom. The van der Waals surface area contributed by atoms with Gasteiger partial charge in [-0.05, 0) is 44.4 Å². The fourth-order valence-corrected chi connectivity index (χ4v) is 3.57. The second-order valence-electron chi connectivity index (χ2n) is 7.22. The van der Waals surface area contributed by atoms with E-state index in [1.165, 1.54) is 6.42 Å². The highest BCUT2D eigenvalue weighted by Gasteiger charge is 2.27. The molecule has 1 unspecified atom stereocenters. The van der Waals surface area contributed by atoms with Crippen molar-refractivity contribution in [2.75, 3.05) is 5.32 Å². The van der Waals surface area contributed by atoms with Crippen LogP contribution in [0.2, 0.25) is 5.02 Å². The van der Waals surface area contributed by atoms with Crippen molar-refractivity contribution in [3.63, 3.8) is 0 Å². The number of hydrogen-bond donors (Lipinski definition) is 2. The average molecular weight is 449 g/mol. The van der Waals surface area contributed by atoms with Crippen molar-refractivity contribution in [3.8, 4) is 11.4 Å². The summed E-state index contributed by atoms with van der Waals surface area (Å²) in [6.45, 7) is 4.65. The van der Waals surface area contributed by atoms with Crippen LogP contribution in [0.1, 0.15) is 51.8 Å². The Morgan fingerprint density at radius 1 is 1.29 bits per heavy atom. The number of amides is 1. The van der Waals surface area contributed by atoms with Gasteiger partial charge >= 0.3 is 0 Å². The van der Waals surface area contributed by atoms with Crippen LogP contribution in [-0.2, 0) is 17.8 Å². The zero-order chi connectivity index (χ0) is 18.7. The van der Waals surface area contributed by atoms with E-state index >= 15 is 0 Å². The molecule has 1 aromatic carbocycles. The van der Waals surface area contributed by atoms with Gasteiger partial charge in [0.2, 0.25) is 5.91 Å². The molecule has 1 aromatic heterocycles. The summed E-state index contributed by atoms with van der Waals surface area (Å²) in [4.78, 5) is 12.5. The van der Waals surface area contributed by atoms with E-state index in [4.69, 9.17) is 17.3 Å². The van der Waals surface area contributed by atoms with E-state index < -0.39 is 5.54 Å². The van der Waals surface area contributed by atoms with Gasteiger partial charge in [0.25, 0.3) is 0 Å². The molecular formula is C19H28Cl3N5O. The molecule has 0 aliphatic carbocycles. The average Bonchev–Trinajstić information content (AvgIpc) is 2.84. The Bertz CT molecular complexity index is 807. The number of carbonyl (C=O) groups excluding carboxylic acids is 1. The van der Waals surface area contributed by atoms with Gasteiger partial charge in [0.05, 0.1) is 10.6 Å². The third-order valence-corrected chi connectivity index (χ3v) is 5.19. The van der Waals surface area contributed by atoms with E-state index in [-0.39, 0.29) is 30.7 Å². The van der Waals surface area contributed by atoms with Gasteiger partial charge in [0.15, 0.2) is 5.82 Å². The van der Waals surface area contributed by atoms with Gasteiger partial charge in [-0.3, -0.25) is 4.79 Å². The first kappa shape index (κ1) is 24.7. The topological polar surface area (TPSA) is 85.8 Å². The molecule has 28 heavy (non-hydrogen) atoms. The SMILES string of the molecule is CCCC(C)(N)C(=O)Nc1ccc(Cl)c(-c2nnc3n2CCCCC3)c1.Cl.Cl. The van der Waals surface area contributed by atoms with Crippen LogP contribution in [0.15, 0.2) is 18.2 Å². The van der Waals surface area contributed by atoms with Gasteiger partial charge < -0.3 is 15.6 Å². The van der Waals surface area contributed by atoms with Crippen molar-refractivity contribution >= 4 is 48.0 Å². The molecule has 156 valence electrons. The highest BCUT2D eigenvalue weighted by Crippen LogP contribution is 2.31. The molecule has 1 amide bonds. The van der Waals surface area contributed by atoms with Gasteiger partial charge in [-0.2, -0.15) is 0 Å². The molecule has 2 heterocycles. The Labute approximate surface area is 183 Å². The first-order valence-corrected chi connectivity index (χ1v) is 9.62. The zero-order valence-electron chi connectivity index (χ0n) is 16.2. The lowest BCUT2D eigenvalue weighted by Crippen LogP contribution is -2.48. The maximum Gasteiger partial charge on any atom is 0.244 e. The summed E-state index contributed by atoms with van der Waals surface area (Å²) in [5.74, 6) is 1.56. The second kappa shape index (κ2) is 10.4. The van der Waals surface area contributed by atoms with E-state index in [0.29, 0.717) is 17.1 Å². The van der Waals surface area contributed by atoms with Crippen LogP contribution in [0.5, 0.6) is 0 Å². The summed E-state index contributed by atoms with van der Waals surface area (Å²) < 4.78 is 2.14. The minimum Gasteiger partial charge on any atom is -0.324 e. The number of rotatable bonds is 5. The molecule has 1 atom stereocenters. The van der Waals surface area contributed by atoms with E-state index in [0.717, 1.165) is 49.4 Å². The van der Waals surface area contributed by atoms with Crippen LogP contribution in [0.25, 0.3) is 11.4 Å². The van der Waals surface area contributed by atoms with Crippen molar-refractivity contribution in [3.05, 3.63) is 29.0 Å². The number of anilines is 1. The molecular weight excluding hydrogens is 421 g/mol. The molecule has 1 aliphatic heterocycles. The van der Waals surface area contributed by atoms with Crippen LogP contribution in [-0.4, -0.2) is 26.2 Å². The molecule has 6 nitrogen and oxygen atoms in total. The number of hydrogen-bond acceptors (Lipinski definition) is 4. The van der Waals surface area contributed by atoms with Crippen LogP contribution in [0.4, 0.5) is 5.69 Å². The lowest BCUT2D eigenvalue weighted by Gasteiger charge is -2.23. The summed E-state index contributed by atoms with van der Waals surface area (Å²) in [5, 5.41) is 12.2. The van der Waals surface area contributed by atoms with Crippen LogP contribution in [0, 0.1) is 0 Å². The fraction of sp³-hybridized carbons (Fsp3) is 0.526. The standard InChI is InChI=1S/C19H26ClN5O.2ClH/c1-3-10-19(2,21)18(26)22-13-8-9-15(20)14(12-13)17-24-23-16-7-5-4-6-11-25(16)17;;/h8-9,12H,3-7,10-11,21H2,1-2H3,(H,22,26);2*1H. The predicted molar refractivity (Wildman–Crippen MR) is 119 cm³/mol. The molecule has 0 spiro atoms. The monoisotopic (exact) mass is 447 g/mol. The normalized spacial score (nSPS) is 15.3. The minimum atomic E-state index is -0.902. The second-order valence-corrected chi connectivity index (χ2v) is 7.63. The molecule has 9 heteroatoms. The summed E-state index contributed by atoms with van der Waals surface area (Å²) in [6.07, 6.45) is 5.83. The number of halogens is 3. The third kappa shape index (κ3) is 5.38. The summed E-state index contributed by atoms with van der Waals surface area (Å²) in [5.41, 5.74) is 6.66. The van der Waals surface area contributed by atoms with Gasteiger partial charge in [0, 0.05) is 24.2 Å². The number of nitrogens with two attached hydrogens (primary N) is 1. The number of nitrogens with zero attached hydrogens (tertiary/aromatic N) is 3. The number of nitrogens with one attached hydrogen (secondary N) is 1. The number of aromatic nitrogens is 3. The van der Waals surface area contributed by atoms with Crippen molar-refractivity contribution < 1.29 is 4.79 Å². The lowest BCUT2D eigenvalue weighted by atomic mass is 9.96. The Morgan fingerprint density at radius 2 is 2.04 bits per heavy atom. The number of carbonyl (C=O) groups is 1. The van der Waals surface area contributed by atoms with E-state index in [9.17, 15) is 4.79 Å². The first-order valence-electron chi connectivity index (χ1n) is 9.24. The third-order valence-electron chi connectivity index (χ3n) is 4.86. The van der Waals surface area contributed by atoms with Crippen molar-refractivity contribution in [1.29, 1.82) is 0 Å². The van der Waals surface area contributed by atoms with Crippen molar-refractivity contribution in [2.24, 2.45) is 5.73 Å². The van der Waals surface area contributed by atoms with Crippen LogP contribution >= 0.6 is 36.4 Å². The summed E-state index contributed by atoms with van der Waals surface area (Å²) >= 11 is 6.43. The quantitative estimate of drug-likeness (QED) is 0.698. The maximum absolute atomic E-state index is 12.5. The van der Waals surface area contributed by atoms with Gasteiger partial charge in [0.1, 0.15) is 5.82 Å². The maximum atomic E-state index is 12.5. The van der Waals surface area contributed by atoms with Crippen LogP contribution < -0.4 is 11.1 Å². The highest BCUT2D eigenvalue weighted by molar-refractivity contribution is 6.33. The first-order chi connectivity index (χ1) is 12.4. The molecule has 1 aliphatic rings. The molecule has 0 bridgehead atoms. The molecule has 0 saturated heterocycles. The molecule has 0 fully saturated rings. The Hall–Kier alpha value is -1.34. The van der Waals surface area contributed by atoms with E-state index in [1.54, 1.807) is 19.1 Å². The highest BCUT2D eigenvalue weighted by atomic mass is 35.5. The fourth-order valence-electron chi connectivity index (χ4n) is 3.37. The van der Waals surface area contributed by atoms with Crippen LogP contribution in [0.3, 0.4) is 0 Å². The molecule has 3 rings (SSSR count). The molecule has 0 radical (unpaired) electrons. The molecule has 0 saturated carbocycles. The van der Waals surface area contributed by atoms with Gasteiger partial charge in [-0.15, -0.1) is 35.0 Å². The number of fused-ring (bicyclic) bond motifs is 1. The summed E-state index contributed by atoms with van der Waals surface area (Å²) in [6, 6.07) is 5.41. The van der Waals surface area contributed by atoms with Crippen molar-refractivity contribution in [2.45, 2.75) is 64.5 Å². The Balaban J connectivity index is 0.00000196. The van der Waals surface area contributed by atoms with E-state index in [1.807, 2.05) is 13.0 Å². The smallest absolute Gasteiger partial charge is 0.244 e. The van der Waals surface area contributed by atoms with Gasteiger partial charge in [-0.1, -0.05) is 31.4 Å². The lowest BCUT2D eigenvalue weighted by molar-refractivity contribution is -0.120. The number of benzene rings is 1. The predicted octanol–water partition coefficient (Wildman–Crippen LogP) is 4.62. The molecule has 2 aromatic rings. The van der Waals surface area contributed by atoms with E-state index in [2.05, 4.69) is 20.1 Å². The minimum absolute atomic E-state index is 0. The largest absolute Gasteiger partial charge is 0.324 e. The number of aryl methyl sites for hydroxylation is 1. The Kier molecular flexibility index (Phi) is 9.21. The van der Waals surface area contributed by atoms with Crippen molar-refractivity contribution in [1.82, 2.24) is 14.8 Å². The zero-order valence-corrected chi connectivity index (χ0v) is 18.6. The van der Waals surface area contributed by atoms with Gasteiger partial charge in [-0.25, -0.2) is 0 Å². The molecule has 3 N–H and O–H groups in total. The summed E-state index contributed by atoms with van der Waals surface area (Å²) in [7, 11) is 0.